The number of benzene rings is 1. The van der Waals surface area contributed by atoms with Crippen LogP contribution in [0, 0.1) is 18.3 Å². The van der Waals surface area contributed by atoms with Gasteiger partial charge in [-0.2, -0.15) is 5.26 Å². The number of hydrogen-bond donors (Lipinski definition) is 0. The molecular weight excluding hydrogens is 234 g/mol. The van der Waals surface area contributed by atoms with Crippen LogP contribution in [0.2, 0.25) is 0 Å². The fraction of sp³-hybridized carbons (Fsp3) is 0.250. The topological polar surface area (TPSA) is 39.9 Å². The van der Waals surface area contributed by atoms with Gasteiger partial charge >= 0.3 is 0 Å². The molecule has 0 aliphatic rings. The minimum Gasteiger partial charge on any atom is -0.298 e. The highest BCUT2D eigenvalue weighted by Gasteiger charge is 2.05. The Hall–Kier alpha value is -2.18. The normalized spacial score (nSPS) is 10.4. The summed E-state index contributed by atoms with van der Waals surface area (Å²) in [5.41, 5.74) is 4.09. The first-order valence-corrected chi connectivity index (χ1v) is 6.27. The van der Waals surface area contributed by atoms with Crippen LogP contribution in [0.5, 0.6) is 0 Å². The highest BCUT2D eigenvalue weighted by Crippen LogP contribution is 2.12. The molecule has 1 aromatic heterocycles. The summed E-state index contributed by atoms with van der Waals surface area (Å²) in [5.74, 6) is 0. The number of nitriles is 1. The molecule has 0 atom stereocenters. The van der Waals surface area contributed by atoms with E-state index in [2.05, 4.69) is 29.1 Å². The highest BCUT2D eigenvalue weighted by molar-refractivity contribution is 5.37. The monoisotopic (exact) mass is 251 g/mol. The first-order chi connectivity index (χ1) is 9.19. The van der Waals surface area contributed by atoms with Gasteiger partial charge in [0.15, 0.2) is 0 Å². The van der Waals surface area contributed by atoms with Crippen LogP contribution in [-0.4, -0.2) is 16.9 Å². The fourth-order valence-corrected chi connectivity index (χ4v) is 2.13. The predicted octanol–water partition coefficient (Wildman–Crippen LogP) is 2.89. The van der Waals surface area contributed by atoms with Gasteiger partial charge in [0.2, 0.25) is 0 Å². The smallest absolute Gasteiger partial charge is 0.0995 e. The van der Waals surface area contributed by atoms with Crippen LogP contribution in [0.25, 0.3) is 0 Å². The lowest BCUT2D eigenvalue weighted by molar-refractivity contribution is 0.318. The minimum atomic E-state index is 0.750. The quantitative estimate of drug-likeness (QED) is 0.838. The second-order valence-electron chi connectivity index (χ2n) is 4.75. The van der Waals surface area contributed by atoms with E-state index in [1.807, 2.05) is 43.5 Å². The van der Waals surface area contributed by atoms with Crippen molar-refractivity contribution in [3.05, 3.63) is 65.0 Å². The van der Waals surface area contributed by atoms with Gasteiger partial charge in [0.1, 0.15) is 0 Å². The summed E-state index contributed by atoms with van der Waals surface area (Å²) in [5, 5.41) is 9.08. The lowest BCUT2D eigenvalue weighted by Gasteiger charge is -2.17. The second-order valence-corrected chi connectivity index (χ2v) is 4.75. The maximum absolute atomic E-state index is 9.08. The van der Waals surface area contributed by atoms with Gasteiger partial charge in [-0.3, -0.25) is 9.88 Å². The van der Waals surface area contributed by atoms with Crippen LogP contribution in [0.15, 0.2) is 42.6 Å². The van der Waals surface area contributed by atoms with Crippen LogP contribution in [-0.2, 0) is 13.1 Å². The summed E-state index contributed by atoms with van der Waals surface area (Å²) in [6, 6.07) is 14.1. The molecule has 0 bridgehead atoms. The van der Waals surface area contributed by atoms with Gasteiger partial charge in [0.05, 0.1) is 11.6 Å². The van der Waals surface area contributed by atoms with E-state index in [9.17, 15) is 0 Å². The van der Waals surface area contributed by atoms with E-state index in [0.717, 1.165) is 29.9 Å². The van der Waals surface area contributed by atoms with Crippen molar-refractivity contribution < 1.29 is 0 Å². The summed E-state index contributed by atoms with van der Waals surface area (Å²) in [7, 11) is 2.06. The van der Waals surface area contributed by atoms with Crippen LogP contribution < -0.4 is 0 Å². The molecule has 0 unspecified atom stereocenters. The molecule has 0 radical (unpaired) electrons. The van der Waals surface area contributed by atoms with E-state index in [1.165, 1.54) is 5.56 Å². The molecule has 2 rings (SSSR count). The molecule has 1 aromatic carbocycles. The van der Waals surface area contributed by atoms with E-state index < -0.39 is 0 Å². The van der Waals surface area contributed by atoms with Gasteiger partial charge in [-0.1, -0.05) is 18.2 Å². The lowest BCUT2D eigenvalue weighted by atomic mass is 10.1. The van der Waals surface area contributed by atoms with E-state index in [-0.39, 0.29) is 0 Å². The predicted molar refractivity (Wildman–Crippen MR) is 75.3 cm³/mol. The Bertz CT molecular complexity index is 599. The molecule has 0 amide bonds. The number of aryl methyl sites for hydroxylation is 1. The standard InChI is InChI=1S/C16H17N3/c1-13-9-14(7-8-18-13)11-19(2)12-16-6-4-3-5-15(16)10-17/h3-9H,11-12H2,1-2H3. The van der Waals surface area contributed by atoms with Gasteiger partial charge in [-0.15, -0.1) is 0 Å². The molecule has 0 aliphatic heterocycles. The third kappa shape index (κ3) is 3.64. The number of nitrogens with zero attached hydrogens (tertiary/aromatic N) is 3. The second kappa shape index (κ2) is 6.12. The lowest BCUT2D eigenvalue weighted by Crippen LogP contribution is -2.18. The number of hydrogen-bond acceptors (Lipinski definition) is 3. The molecular formula is C16H17N3. The van der Waals surface area contributed by atoms with E-state index >= 15 is 0 Å². The summed E-state index contributed by atoms with van der Waals surface area (Å²) in [4.78, 5) is 6.40. The maximum Gasteiger partial charge on any atom is 0.0995 e. The molecule has 96 valence electrons. The SMILES string of the molecule is Cc1cc(CN(C)Cc2ccccc2C#N)ccn1. The van der Waals surface area contributed by atoms with Crippen LogP contribution in [0.4, 0.5) is 0 Å². The first kappa shape index (κ1) is 13.3. The van der Waals surface area contributed by atoms with Crippen molar-refractivity contribution in [1.82, 2.24) is 9.88 Å². The molecule has 3 nitrogen and oxygen atoms in total. The zero-order valence-electron chi connectivity index (χ0n) is 11.3. The van der Waals surface area contributed by atoms with E-state index in [4.69, 9.17) is 5.26 Å². The Kier molecular flexibility index (Phi) is 4.27. The Balaban J connectivity index is 2.06. The third-order valence-corrected chi connectivity index (χ3v) is 2.99. The Morgan fingerprint density at radius 2 is 2.00 bits per heavy atom. The number of aromatic nitrogens is 1. The zero-order chi connectivity index (χ0) is 13.7. The number of rotatable bonds is 4. The molecule has 2 aromatic rings. The van der Waals surface area contributed by atoms with Gasteiger partial charge in [0, 0.05) is 25.0 Å². The fourth-order valence-electron chi connectivity index (χ4n) is 2.13. The molecule has 0 spiro atoms. The molecule has 0 N–H and O–H groups in total. The Morgan fingerprint density at radius 3 is 2.74 bits per heavy atom. The van der Waals surface area contributed by atoms with Crippen molar-refractivity contribution in [2.24, 2.45) is 0 Å². The zero-order valence-corrected chi connectivity index (χ0v) is 11.3. The third-order valence-electron chi connectivity index (χ3n) is 2.99. The Morgan fingerprint density at radius 1 is 1.21 bits per heavy atom. The average molecular weight is 251 g/mol. The van der Waals surface area contributed by atoms with Gasteiger partial charge in [-0.25, -0.2) is 0 Å². The molecule has 1 heterocycles. The summed E-state index contributed by atoms with van der Waals surface area (Å²) >= 11 is 0. The molecule has 3 heteroatoms. The molecule has 0 fully saturated rings. The van der Waals surface area contributed by atoms with Crippen molar-refractivity contribution in [2.45, 2.75) is 20.0 Å². The summed E-state index contributed by atoms with van der Waals surface area (Å²) < 4.78 is 0. The van der Waals surface area contributed by atoms with Crippen molar-refractivity contribution in [2.75, 3.05) is 7.05 Å². The van der Waals surface area contributed by atoms with Gasteiger partial charge in [0.25, 0.3) is 0 Å². The van der Waals surface area contributed by atoms with E-state index in [1.54, 1.807) is 0 Å². The summed E-state index contributed by atoms with van der Waals surface area (Å²) in [6.45, 7) is 3.61. The molecule has 0 saturated heterocycles. The van der Waals surface area contributed by atoms with Crippen LogP contribution in [0.1, 0.15) is 22.4 Å². The minimum absolute atomic E-state index is 0.750. The van der Waals surface area contributed by atoms with Gasteiger partial charge in [-0.05, 0) is 43.3 Å². The van der Waals surface area contributed by atoms with Crippen molar-refractivity contribution in [3.8, 4) is 6.07 Å². The summed E-state index contributed by atoms with van der Waals surface area (Å²) in [6.07, 6.45) is 1.84. The highest BCUT2D eigenvalue weighted by atomic mass is 15.1. The van der Waals surface area contributed by atoms with E-state index in [0.29, 0.717) is 0 Å². The van der Waals surface area contributed by atoms with Crippen molar-refractivity contribution in [1.29, 1.82) is 5.26 Å². The Labute approximate surface area is 114 Å². The first-order valence-electron chi connectivity index (χ1n) is 6.27. The van der Waals surface area contributed by atoms with Crippen molar-refractivity contribution >= 4 is 0 Å². The maximum atomic E-state index is 9.08. The molecule has 0 saturated carbocycles. The van der Waals surface area contributed by atoms with Crippen molar-refractivity contribution in [3.63, 3.8) is 0 Å². The molecule has 0 aliphatic carbocycles. The van der Waals surface area contributed by atoms with Gasteiger partial charge < -0.3 is 0 Å². The van der Waals surface area contributed by atoms with Crippen LogP contribution in [0.3, 0.4) is 0 Å². The average Bonchev–Trinajstić information content (AvgIpc) is 2.39. The van der Waals surface area contributed by atoms with Crippen LogP contribution >= 0.6 is 0 Å². The number of pyridine rings is 1. The molecule has 19 heavy (non-hydrogen) atoms. The largest absolute Gasteiger partial charge is 0.298 e.